The first-order valence-electron chi connectivity index (χ1n) is 4.63. The number of nitrogens with zero attached hydrogens (tertiary/aromatic N) is 2. The number of aromatic nitrogens is 3. The summed E-state index contributed by atoms with van der Waals surface area (Å²) in [5.41, 5.74) is 1.32. The van der Waals surface area contributed by atoms with E-state index in [-0.39, 0.29) is 5.91 Å². The molecule has 0 atom stereocenters. The summed E-state index contributed by atoms with van der Waals surface area (Å²) >= 11 is 3.26. The van der Waals surface area contributed by atoms with Gasteiger partial charge in [-0.25, -0.2) is 4.98 Å². The molecule has 2 rings (SSSR count). The molecule has 0 radical (unpaired) electrons. The van der Waals surface area contributed by atoms with Crippen LogP contribution in [0.5, 0.6) is 0 Å². The van der Waals surface area contributed by atoms with Crippen LogP contribution in [0.3, 0.4) is 0 Å². The minimum absolute atomic E-state index is 0.200. The normalized spacial score (nSPS) is 10.1. The van der Waals surface area contributed by atoms with Crippen LogP contribution in [0.15, 0.2) is 35.2 Å². The molecule has 2 N–H and O–H groups in total. The van der Waals surface area contributed by atoms with Gasteiger partial charge in [0, 0.05) is 29.0 Å². The molecule has 2 aromatic heterocycles. The Balaban J connectivity index is 1.95. The fourth-order valence-electron chi connectivity index (χ4n) is 1.16. The second-order valence-electron chi connectivity index (χ2n) is 3.15. The topological polar surface area (TPSA) is 70.7 Å². The van der Waals surface area contributed by atoms with E-state index in [1.165, 1.54) is 0 Å². The average Bonchev–Trinajstić information content (AvgIpc) is 2.80. The maximum Gasteiger partial charge on any atom is 0.270 e. The van der Waals surface area contributed by atoms with Gasteiger partial charge in [0.25, 0.3) is 5.91 Å². The Morgan fingerprint density at radius 3 is 2.94 bits per heavy atom. The lowest BCUT2D eigenvalue weighted by atomic mass is 10.3. The number of hydrogen-bond donors (Lipinski definition) is 2. The van der Waals surface area contributed by atoms with Crippen molar-refractivity contribution in [2.45, 2.75) is 6.54 Å². The zero-order valence-electron chi connectivity index (χ0n) is 8.27. The van der Waals surface area contributed by atoms with Crippen molar-refractivity contribution in [3.8, 4) is 0 Å². The van der Waals surface area contributed by atoms with E-state index < -0.39 is 0 Å². The van der Waals surface area contributed by atoms with Crippen molar-refractivity contribution in [2.75, 3.05) is 0 Å². The van der Waals surface area contributed by atoms with Crippen LogP contribution in [0.1, 0.15) is 16.1 Å². The van der Waals surface area contributed by atoms with Crippen LogP contribution in [0.4, 0.5) is 0 Å². The van der Waals surface area contributed by atoms with E-state index in [0.29, 0.717) is 12.2 Å². The Labute approximate surface area is 100 Å². The third kappa shape index (κ3) is 2.66. The summed E-state index contributed by atoms with van der Waals surface area (Å²) < 4.78 is 0.846. The van der Waals surface area contributed by atoms with Gasteiger partial charge in [-0.3, -0.25) is 9.89 Å². The van der Waals surface area contributed by atoms with Crippen molar-refractivity contribution in [2.24, 2.45) is 0 Å². The molecular weight excluding hydrogens is 272 g/mol. The van der Waals surface area contributed by atoms with Crippen LogP contribution in [0.2, 0.25) is 0 Å². The molecular formula is C10H9BrN4O. The van der Waals surface area contributed by atoms with E-state index in [4.69, 9.17) is 0 Å². The summed E-state index contributed by atoms with van der Waals surface area (Å²) in [6, 6.07) is 3.44. The first kappa shape index (κ1) is 10.8. The van der Waals surface area contributed by atoms with Crippen LogP contribution in [-0.4, -0.2) is 21.1 Å². The number of carbonyl (C=O) groups is 1. The van der Waals surface area contributed by atoms with Gasteiger partial charge < -0.3 is 5.32 Å². The quantitative estimate of drug-likeness (QED) is 0.895. The molecule has 0 aliphatic heterocycles. The predicted molar refractivity (Wildman–Crippen MR) is 61.7 cm³/mol. The first-order valence-corrected chi connectivity index (χ1v) is 5.42. The van der Waals surface area contributed by atoms with Crippen molar-refractivity contribution in [1.29, 1.82) is 0 Å². The summed E-state index contributed by atoms with van der Waals surface area (Å²) in [7, 11) is 0. The third-order valence-electron chi connectivity index (χ3n) is 1.97. The number of H-pyrrole nitrogens is 1. The van der Waals surface area contributed by atoms with E-state index in [1.54, 1.807) is 30.7 Å². The molecule has 0 spiro atoms. The molecule has 0 saturated carbocycles. The van der Waals surface area contributed by atoms with Gasteiger partial charge in [0.05, 0.1) is 6.20 Å². The minimum Gasteiger partial charge on any atom is -0.347 e. The van der Waals surface area contributed by atoms with Gasteiger partial charge >= 0.3 is 0 Å². The molecule has 1 amide bonds. The second kappa shape index (κ2) is 4.89. The third-order valence-corrected chi connectivity index (χ3v) is 2.44. The number of nitrogens with one attached hydrogen (secondary N) is 2. The Morgan fingerprint density at radius 2 is 2.31 bits per heavy atom. The lowest BCUT2D eigenvalue weighted by Gasteiger charge is -2.02. The lowest BCUT2D eigenvalue weighted by molar-refractivity contribution is 0.0946. The molecule has 16 heavy (non-hydrogen) atoms. The zero-order chi connectivity index (χ0) is 11.4. The molecule has 6 heteroatoms. The van der Waals surface area contributed by atoms with E-state index in [1.807, 2.05) is 0 Å². The number of halogens is 1. The summed E-state index contributed by atoms with van der Waals surface area (Å²) in [6.45, 7) is 0.438. The van der Waals surface area contributed by atoms with Crippen molar-refractivity contribution >= 4 is 21.8 Å². The molecule has 0 aromatic carbocycles. The largest absolute Gasteiger partial charge is 0.347 e. The Bertz CT molecular complexity index is 466. The van der Waals surface area contributed by atoms with E-state index in [9.17, 15) is 4.79 Å². The number of aromatic amines is 1. The first-order chi connectivity index (χ1) is 7.75. The summed E-state index contributed by atoms with van der Waals surface area (Å²) in [5, 5.41) is 9.21. The SMILES string of the molecule is O=C(NCc1cn[nH]c1)c1ccc(Br)cn1. The van der Waals surface area contributed by atoms with Crippen LogP contribution < -0.4 is 5.32 Å². The zero-order valence-corrected chi connectivity index (χ0v) is 9.86. The van der Waals surface area contributed by atoms with Gasteiger partial charge in [-0.15, -0.1) is 0 Å². The van der Waals surface area contributed by atoms with E-state index >= 15 is 0 Å². The van der Waals surface area contributed by atoms with Crippen LogP contribution >= 0.6 is 15.9 Å². The van der Waals surface area contributed by atoms with Crippen molar-refractivity contribution in [3.05, 3.63) is 46.5 Å². The van der Waals surface area contributed by atoms with Gasteiger partial charge in [-0.2, -0.15) is 5.10 Å². The highest BCUT2D eigenvalue weighted by Gasteiger charge is 2.06. The fraction of sp³-hybridized carbons (Fsp3) is 0.100. The van der Waals surface area contributed by atoms with Crippen molar-refractivity contribution < 1.29 is 4.79 Å². The van der Waals surface area contributed by atoms with E-state index in [2.05, 4.69) is 36.4 Å². The molecule has 0 bridgehead atoms. The fourth-order valence-corrected chi connectivity index (χ4v) is 1.39. The van der Waals surface area contributed by atoms with Gasteiger partial charge in [-0.1, -0.05) is 0 Å². The van der Waals surface area contributed by atoms with Crippen molar-refractivity contribution in [3.63, 3.8) is 0 Å². The van der Waals surface area contributed by atoms with Gasteiger partial charge in [0.15, 0.2) is 0 Å². The number of carbonyl (C=O) groups excluding carboxylic acids is 1. The second-order valence-corrected chi connectivity index (χ2v) is 4.07. The maximum atomic E-state index is 11.6. The summed E-state index contributed by atoms with van der Waals surface area (Å²) in [4.78, 5) is 15.6. The number of pyridine rings is 1. The number of rotatable bonds is 3. The number of hydrogen-bond acceptors (Lipinski definition) is 3. The smallest absolute Gasteiger partial charge is 0.270 e. The maximum absolute atomic E-state index is 11.6. The van der Waals surface area contributed by atoms with Crippen LogP contribution in [0.25, 0.3) is 0 Å². The van der Waals surface area contributed by atoms with Gasteiger partial charge in [0.2, 0.25) is 0 Å². The molecule has 0 fully saturated rings. The summed E-state index contributed by atoms with van der Waals surface area (Å²) in [6.07, 6.45) is 4.98. The molecule has 0 aliphatic rings. The monoisotopic (exact) mass is 280 g/mol. The molecule has 0 unspecified atom stereocenters. The van der Waals surface area contributed by atoms with Crippen LogP contribution in [-0.2, 0) is 6.54 Å². The van der Waals surface area contributed by atoms with Gasteiger partial charge in [-0.05, 0) is 28.1 Å². The highest BCUT2D eigenvalue weighted by molar-refractivity contribution is 9.10. The standard InChI is InChI=1S/C10H9BrN4O/c11-8-1-2-9(12-6-8)10(16)13-3-7-4-14-15-5-7/h1-2,4-6H,3H2,(H,13,16)(H,14,15). The molecule has 2 heterocycles. The Kier molecular flexibility index (Phi) is 3.31. The lowest BCUT2D eigenvalue weighted by Crippen LogP contribution is -2.23. The minimum atomic E-state index is -0.200. The highest BCUT2D eigenvalue weighted by Crippen LogP contribution is 2.07. The molecule has 0 saturated heterocycles. The molecule has 5 nitrogen and oxygen atoms in total. The molecule has 82 valence electrons. The summed E-state index contributed by atoms with van der Waals surface area (Å²) in [5.74, 6) is -0.200. The number of amides is 1. The van der Waals surface area contributed by atoms with Crippen molar-refractivity contribution in [1.82, 2.24) is 20.5 Å². The Hall–Kier alpha value is -1.69. The Morgan fingerprint density at radius 1 is 1.44 bits per heavy atom. The highest BCUT2D eigenvalue weighted by atomic mass is 79.9. The molecule has 2 aromatic rings. The average molecular weight is 281 g/mol. The van der Waals surface area contributed by atoms with E-state index in [0.717, 1.165) is 10.0 Å². The van der Waals surface area contributed by atoms with Gasteiger partial charge in [0.1, 0.15) is 5.69 Å². The molecule has 0 aliphatic carbocycles. The van der Waals surface area contributed by atoms with Crippen LogP contribution in [0, 0.1) is 0 Å². The predicted octanol–water partition coefficient (Wildman–Crippen LogP) is 1.50.